The molecular weight excluding hydrogens is 328 g/mol. The van der Waals surface area contributed by atoms with Crippen LogP contribution in [0.2, 0.25) is 0 Å². The van der Waals surface area contributed by atoms with Gasteiger partial charge in [0.15, 0.2) is 0 Å². The van der Waals surface area contributed by atoms with Gasteiger partial charge in [0.05, 0.1) is 0 Å². The van der Waals surface area contributed by atoms with Gasteiger partial charge >= 0.3 is 0 Å². The lowest BCUT2D eigenvalue weighted by Crippen LogP contribution is -2.30. The first kappa shape index (κ1) is 16.5. The zero-order valence-corrected chi connectivity index (χ0v) is 15.0. The Balaban J connectivity index is 1.52. The summed E-state index contributed by atoms with van der Waals surface area (Å²) >= 11 is 0. The van der Waals surface area contributed by atoms with Crippen LogP contribution in [-0.2, 0) is 17.8 Å². The summed E-state index contributed by atoms with van der Waals surface area (Å²) in [7, 11) is 0. The number of anilines is 2. The number of hydrogen-bond donors (Lipinski definition) is 1. The molecule has 0 unspecified atom stereocenters. The maximum absolute atomic E-state index is 11.8. The smallest absolute Gasteiger partial charge is 0.254 e. The molecular formula is C19H22N6O. The van der Waals surface area contributed by atoms with Gasteiger partial charge in [0.25, 0.3) is 5.78 Å². The van der Waals surface area contributed by atoms with Crippen molar-refractivity contribution in [2.75, 3.05) is 5.32 Å². The molecule has 7 nitrogen and oxygen atoms in total. The number of carbonyl (C=O) groups excluding carboxylic acids is 1. The van der Waals surface area contributed by atoms with Crippen LogP contribution in [0.1, 0.15) is 37.9 Å². The zero-order chi connectivity index (χ0) is 18.1. The van der Waals surface area contributed by atoms with Crippen LogP contribution in [0.4, 0.5) is 11.5 Å². The van der Waals surface area contributed by atoms with Crippen LogP contribution in [0.5, 0.6) is 0 Å². The van der Waals surface area contributed by atoms with Crippen LogP contribution in [0.25, 0.3) is 5.78 Å². The molecule has 1 saturated carbocycles. The first-order valence-corrected chi connectivity index (χ1v) is 8.97. The summed E-state index contributed by atoms with van der Waals surface area (Å²) in [5.74, 6) is 1.57. The average molecular weight is 350 g/mol. The van der Waals surface area contributed by atoms with Gasteiger partial charge in [-0.3, -0.25) is 4.79 Å². The molecule has 0 atom stereocenters. The fourth-order valence-electron chi connectivity index (χ4n) is 3.05. The van der Waals surface area contributed by atoms with Crippen molar-refractivity contribution < 1.29 is 4.79 Å². The minimum Gasteiger partial charge on any atom is -0.340 e. The first-order chi connectivity index (χ1) is 12.6. The predicted octanol–water partition coefficient (Wildman–Crippen LogP) is 2.94. The van der Waals surface area contributed by atoms with E-state index in [1.165, 1.54) is 6.33 Å². The lowest BCUT2D eigenvalue weighted by atomic mass is 10.2. The number of carbonyl (C=O) groups is 1. The Morgan fingerprint density at radius 3 is 2.73 bits per heavy atom. The SMILES string of the molecule is CCc1cc(Nc2ccc(CN(C(C)=O)C3CC3)cc2)n2ncnc2n1. The fraction of sp³-hybridized carbons (Fsp3) is 0.368. The van der Waals surface area contributed by atoms with Crippen LogP contribution >= 0.6 is 0 Å². The molecule has 1 N–H and O–H groups in total. The van der Waals surface area contributed by atoms with E-state index in [9.17, 15) is 4.79 Å². The highest BCUT2D eigenvalue weighted by atomic mass is 16.2. The van der Waals surface area contributed by atoms with Crippen LogP contribution < -0.4 is 5.32 Å². The van der Waals surface area contributed by atoms with Gasteiger partial charge in [0, 0.05) is 37.0 Å². The Morgan fingerprint density at radius 1 is 1.31 bits per heavy atom. The van der Waals surface area contributed by atoms with Crippen LogP contribution in [-0.4, -0.2) is 36.4 Å². The summed E-state index contributed by atoms with van der Waals surface area (Å²) in [4.78, 5) is 22.4. The molecule has 1 aliphatic carbocycles. The van der Waals surface area contributed by atoms with E-state index in [1.54, 1.807) is 11.4 Å². The normalized spacial score (nSPS) is 13.8. The van der Waals surface area contributed by atoms with Crippen molar-refractivity contribution in [3.05, 3.63) is 47.9 Å². The van der Waals surface area contributed by atoms with Crippen molar-refractivity contribution in [2.24, 2.45) is 0 Å². The summed E-state index contributed by atoms with van der Waals surface area (Å²) in [6, 6.07) is 10.6. The number of amides is 1. The van der Waals surface area contributed by atoms with Gasteiger partial charge in [-0.25, -0.2) is 4.98 Å². The van der Waals surface area contributed by atoms with Crippen molar-refractivity contribution in [1.29, 1.82) is 0 Å². The number of fused-ring (bicyclic) bond motifs is 1. The van der Waals surface area contributed by atoms with Gasteiger partial charge in [-0.2, -0.15) is 14.6 Å². The summed E-state index contributed by atoms with van der Waals surface area (Å²) < 4.78 is 1.69. The second kappa shape index (κ2) is 6.74. The maximum Gasteiger partial charge on any atom is 0.254 e. The number of aromatic nitrogens is 4. The van der Waals surface area contributed by atoms with E-state index < -0.39 is 0 Å². The summed E-state index contributed by atoms with van der Waals surface area (Å²) in [6.07, 6.45) is 4.58. The second-order valence-corrected chi connectivity index (χ2v) is 6.66. The molecule has 3 aromatic rings. The molecule has 134 valence electrons. The molecule has 2 aromatic heterocycles. The zero-order valence-electron chi connectivity index (χ0n) is 15.0. The Kier molecular flexibility index (Phi) is 4.28. The van der Waals surface area contributed by atoms with Gasteiger partial charge in [-0.05, 0) is 37.0 Å². The molecule has 26 heavy (non-hydrogen) atoms. The molecule has 0 saturated heterocycles. The minimum absolute atomic E-state index is 0.146. The van der Waals surface area contributed by atoms with Gasteiger partial charge in [0.2, 0.25) is 5.91 Å². The van der Waals surface area contributed by atoms with Gasteiger partial charge < -0.3 is 10.2 Å². The second-order valence-electron chi connectivity index (χ2n) is 6.66. The maximum atomic E-state index is 11.8. The molecule has 1 amide bonds. The third kappa shape index (κ3) is 3.37. The number of aryl methyl sites for hydroxylation is 1. The first-order valence-electron chi connectivity index (χ1n) is 8.97. The molecule has 0 bridgehead atoms. The number of rotatable bonds is 6. The molecule has 4 rings (SSSR count). The van der Waals surface area contributed by atoms with Gasteiger partial charge in [-0.15, -0.1) is 0 Å². The molecule has 1 fully saturated rings. The third-order valence-electron chi connectivity index (χ3n) is 4.64. The van der Waals surface area contributed by atoms with Crippen LogP contribution in [0.15, 0.2) is 36.7 Å². The lowest BCUT2D eigenvalue weighted by molar-refractivity contribution is -0.130. The summed E-state index contributed by atoms with van der Waals surface area (Å²) in [5.41, 5.74) is 3.05. The van der Waals surface area contributed by atoms with E-state index in [1.807, 2.05) is 23.1 Å². The number of hydrogen-bond acceptors (Lipinski definition) is 5. The van der Waals surface area contributed by atoms with Gasteiger partial charge in [0.1, 0.15) is 12.1 Å². The Labute approximate surface area is 152 Å². The molecule has 2 heterocycles. The molecule has 7 heteroatoms. The van der Waals surface area contributed by atoms with E-state index >= 15 is 0 Å². The van der Waals surface area contributed by atoms with E-state index in [2.05, 4.69) is 39.4 Å². The Morgan fingerprint density at radius 2 is 2.08 bits per heavy atom. The molecule has 0 aliphatic heterocycles. The third-order valence-corrected chi connectivity index (χ3v) is 4.64. The van der Waals surface area contributed by atoms with Crippen LogP contribution in [0.3, 0.4) is 0 Å². The highest BCUT2D eigenvalue weighted by Crippen LogP contribution is 2.28. The van der Waals surface area contributed by atoms with Crippen molar-refractivity contribution in [1.82, 2.24) is 24.5 Å². The number of nitrogens with zero attached hydrogens (tertiary/aromatic N) is 5. The molecule has 0 radical (unpaired) electrons. The Hall–Kier alpha value is -2.96. The fourth-order valence-corrected chi connectivity index (χ4v) is 3.05. The lowest BCUT2D eigenvalue weighted by Gasteiger charge is -2.20. The van der Waals surface area contributed by atoms with Crippen LogP contribution in [0, 0.1) is 0 Å². The standard InChI is InChI=1S/C19H22N6O/c1-3-15-10-18(25-19(23-15)20-12-21-25)22-16-6-4-14(5-7-16)11-24(13(2)26)17-8-9-17/h4-7,10,12,17,22H,3,8-9,11H2,1-2H3. The molecule has 0 spiro atoms. The van der Waals surface area contributed by atoms with Gasteiger partial charge in [-0.1, -0.05) is 19.1 Å². The number of nitrogens with one attached hydrogen (secondary N) is 1. The van der Waals surface area contributed by atoms with Crippen molar-refractivity contribution >= 4 is 23.2 Å². The molecule has 1 aromatic carbocycles. The summed E-state index contributed by atoms with van der Waals surface area (Å²) in [5, 5.41) is 7.62. The summed E-state index contributed by atoms with van der Waals surface area (Å²) in [6.45, 7) is 4.38. The van der Waals surface area contributed by atoms with Crippen molar-refractivity contribution in [3.63, 3.8) is 0 Å². The molecule has 1 aliphatic rings. The van der Waals surface area contributed by atoms with Crippen molar-refractivity contribution in [3.8, 4) is 0 Å². The van der Waals surface area contributed by atoms with E-state index in [0.717, 1.165) is 42.0 Å². The average Bonchev–Trinajstić information content (AvgIpc) is 3.36. The monoisotopic (exact) mass is 350 g/mol. The number of benzene rings is 1. The Bertz CT molecular complexity index is 929. The minimum atomic E-state index is 0.146. The van der Waals surface area contributed by atoms with E-state index in [0.29, 0.717) is 18.4 Å². The quantitative estimate of drug-likeness (QED) is 0.740. The van der Waals surface area contributed by atoms with E-state index in [4.69, 9.17) is 0 Å². The van der Waals surface area contributed by atoms with E-state index in [-0.39, 0.29) is 5.91 Å². The highest BCUT2D eigenvalue weighted by molar-refractivity contribution is 5.74. The largest absolute Gasteiger partial charge is 0.340 e. The highest BCUT2D eigenvalue weighted by Gasteiger charge is 2.30. The van der Waals surface area contributed by atoms with Crippen molar-refractivity contribution in [2.45, 2.75) is 45.7 Å². The predicted molar refractivity (Wildman–Crippen MR) is 99.1 cm³/mol. The topological polar surface area (TPSA) is 75.4 Å².